The molecule has 1 aromatic heterocycles. The van der Waals surface area contributed by atoms with E-state index in [0.29, 0.717) is 5.52 Å². The quantitative estimate of drug-likeness (QED) is 0.693. The van der Waals surface area contributed by atoms with Gasteiger partial charge in [0.15, 0.2) is 0 Å². The Morgan fingerprint density at radius 3 is 2.43 bits per heavy atom. The number of rotatable bonds is 3. The number of carbonyl (C=O) groups excluding carboxylic acids is 2. The molecule has 5 nitrogen and oxygen atoms in total. The van der Waals surface area contributed by atoms with Crippen LogP contribution in [0.3, 0.4) is 0 Å². The van der Waals surface area contributed by atoms with E-state index in [-0.39, 0.29) is 12.3 Å². The smallest absolute Gasteiger partial charge is 0.419 e. The molecule has 0 saturated heterocycles. The van der Waals surface area contributed by atoms with Gasteiger partial charge in [0, 0.05) is 5.39 Å². The van der Waals surface area contributed by atoms with Crippen molar-refractivity contribution in [3.05, 3.63) is 71.9 Å². The van der Waals surface area contributed by atoms with Crippen molar-refractivity contribution in [2.24, 2.45) is 0 Å². The van der Waals surface area contributed by atoms with Gasteiger partial charge in [-0.15, -0.1) is 0 Å². The van der Waals surface area contributed by atoms with Gasteiger partial charge in [0.25, 0.3) is 0 Å². The summed E-state index contributed by atoms with van der Waals surface area (Å²) in [6.45, 7) is 0.132. The Balaban J connectivity index is 1.94. The predicted molar refractivity (Wildman–Crippen MR) is 85.3 cm³/mol. The fourth-order valence-electron chi connectivity index (χ4n) is 2.39. The highest BCUT2D eigenvalue weighted by atomic mass is 16.6. The molecule has 1 heterocycles. The van der Waals surface area contributed by atoms with Crippen LogP contribution in [0.2, 0.25) is 0 Å². The monoisotopic (exact) mass is 309 g/mol. The molecule has 3 rings (SSSR count). The van der Waals surface area contributed by atoms with Gasteiger partial charge in [-0.1, -0.05) is 48.5 Å². The fourth-order valence-corrected chi connectivity index (χ4v) is 2.39. The summed E-state index contributed by atoms with van der Waals surface area (Å²) in [4.78, 5) is 24.4. The molecule has 0 spiro atoms. The summed E-state index contributed by atoms with van der Waals surface area (Å²) in [6, 6.07) is 18.2. The average molecular weight is 309 g/mol. The number of esters is 1. The summed E-state index contributed by atoms with van der Waals surface area (Å²) in [5.41, 5.74) is 1.62. The summed E-state index contributed by atoms with van der Waals surface area (Å²) < 4.78 is 11.3. The van der Waals surface area contributed by atoms with E-state index >= 15 is 0 Å². The average Bonchev–Trinajstić information content (AvgIpc) is 2.99. The van der Waals surface area contributed by atoms with Crippen LogP contribution in [0.15, 0.2) is 60.7 Å². The molecule has 0 bridgehead atoms. The molecule has 0 amide bonds. The summed E-state index contributed by atoms with van der Waals surface area (Å²) >= 11 is 0. The van der Waals surface area contributed by atoms with Gasteiger partial charge in [-0.25, -0.2) is 14.2 Å². The Hall–Kier alpha value is -3.08. The second kappa shape index (κ2) is 6.36. The molecule has 2 aromatic carbocycles. The van der Waals surface area contributed by atoms with Crippen molar-refractivity contribution in [2.45, 2.75) is 6.61 Å². The number of hydrogen-bond donors (Lipinski definition) is 0. The van der Waals surface area contributed by atoms with Crippen LogP contribution in [-0.4, -0.2) is 23.7 Å². The third kappa shape index (κ3) is 2.94. The third-order valence-electron chi connectivity index (χ3n) is 3.49. The predicted octanol–water partition coefficient (Wildman–Crippen LogP) is 3.61. The van der Waals surface area contributed by atoms with E-state index in [1.54, 1.807) is 18.2 Å². The van der Waals surface area contributed by atoms with Gasteiger partial charge in [0.2, 0.25) is 0 Å². The highest BCUT2D eigenvalue weighted by Gasteiger charge is 2.21. The van der Waals surface area contributed by atoms with E-state index in [1.807, 2.05) is 42.5 Å². The highest BCUT2D eigenvalue weighted by Crippen LogP contribution is 2.21. The van der Waals surface area contributed by atoms with Crippen molar-refractivity contribution in [1.82, 2.24) is 4.57 Å². The summed E-state index contributed by atoms with van der Waals surface area (Å²) in [5, 5.41) is 0.768. The van der Waals surface area contributed by atoms with Gasteiger partial charge in [0.1, 0.15) is 12.3 Å². The van der Waals surface area contributed by atoms with Crippen LogP contribution in [0.5, 0.6) is 0 Å². The maximum Gasteiger partial charge on any atom is 0.419 e. The van der Waals surface area contributed by atoms with Crippen LogP contribution >= 0.6 is 0 Å². The molecule has 5 heteroatoms. The Morgan fingerprint density at radius 1 is 1.00 bits per heavy atom. The van der Waals surface area contributed by atoms with Crippen LogP contribution in [0.1, 0.15) is 16.1 Å². The molecular weight excluding hydrogens is 294 g/mol. The molecule has 0 aliphatic heterocycles. The zero-order chi connectivity index (χ0) is 16.2. The zero-order valence-electron chi connectivity index (χ0n) is 12.6. The molecule has 0 saturated carbocycles. The van der Waals surface area contributed by atoms with Crippen molar-refractivity contribution >= 4 is 23.0 Å². The van der Waals surface area contributed by atoms with E-state index < -0.39 is 12.1 Å². The molecule has 0 radical (unpaired) electrons. The summed E-state index contributed by atoms with van der Waals surface area (Å²) in [7, 11) is 1.28. The van der Waals surface area contributed by atoms with Gasteiger partial charge in [-0.05, 0) is 17.7 Å². The molecule has 0 aliphatic carbocycles. The number of nitrogens with zero attached hydrogens (tertiary/aromatic N) is 1. The van der Waals surface area contributed by atoms with Gasteiger partial charge >= 0.3 is 12.1 Å². The standard InChI is InChI=1S/C18H15NO4/c1-22-17(20)16-11-14-9-5-6-10-15(14)19(16)18(21)23-12-13-7-3-2-4-8-13/h2-11H,12H2,1H3. The number of benzene rings is 2. The molecule has 0 fully saturated rings. The number of ether oxygens (including phenoxy) is 2. The van der Waals surface area contributed by atoms with E-state index in [9.17, 15) is 9.59 Å². The lowest BCUT2D eigenvalue weighted by atomic mass is 10.2. The van der Waals surface area contributed by atoms with Crippen molar-refractivity contribution in [3.8, 4) is 0 Å². The molecule has 0 N–H and O–H groups in total. The first-order valence-electron chi connectivity index (χ1n) is 7.10. The number of carbonyl (C=O) groups is 2. The second-order valence-corrected chi connectivity index (χ2v) is 4.96. The Bertz CT molecular complexity index is 852. The van der Waals surface area contributed by atoms with E-state index in [2.05, 4.69) is 0 Å². The Kier molecular flexibility index (Phi) is 4.10. The maximum absolute atomic E-state index is 12.5. The normalized spacial score (nSPS) is 10.5. The zero-order valence-corrected chi connectivity index (χ0v) is 12.6. The first-order valence-corrected chi connectivity index (χ1v) is 7.10. The SMILES string of the molecule is COC(=O)c1cc2ccccc2n1C(=O)OCc1ccccc1. The number of para-hydroxylation sites is 1. The lowest BCUT2D eigenvalue weighted by molar-refractivity contribution is 0.0585. The van der Waals surface area contributed by atoms with E-state index in [0.717, 1.165) is 10.9 Å². The number of methoxy groups -OCH3 is 1. The molecule has 0 unspecified atom stereocenters. The Morgan fingerprint density at radius 2 is 1.70 bits per heavy atom. The summed E-state index contributed by atoms with van der Waals surface area (Å²) in [5.74, 6) is -0.585. The minimum atomic E-state index is -0.615. The van der Waals surface area contributed by atoms with E-state index in [4.69, 9.17) is 9.47 Å². The molecule has 0 atom stereocenters. The number of aromatic nitrogens is 1. The van der Waals surface area contributed by atoms with Crippen molar-refractivity contribution in [3.63, 3.8) is 0 Å². The lowest BCUT2D eigenvalue weighted by Crippen LogP contribution is -2.19. The highest BCUT2D eigenvalue weighted by molar-refractivity contribution is 6.01. The molecule has 0 aliphatic rings. The van der Waals surface area contributed by atoms with Crippen LogP contribution in [0.4, 0.5) is 4.79 Å². The van der Waals surface area contributed by atoms with E-state index in [1.165, 1.54) is 11.7 Å². The first-order chi connectivity index (χ1) is 11.2. The topological polar surface area (TPSA) is 57.5 Å². The second-order valence-electron chi connectivity index (χ2n) is 4.96. The van der Waals surface area contributed by atoms with Gasteiger partial charge < -0.3 is 9.47 Å². The first kappa shape index (κ1) is 14.8. The van der Waals surface area contributed by atoms with Gasteiger partial charge in [-0.2, -0.15) is 0 Å². The molecule has 116 valence electrons. The van der Waals surface area contributed by atoms with Crippen molar-refractivity contribution in [2.75, 3.05) is 7.11 Å². The largest absolute Gasteiger partial charge is 0.464 e. The van der Waals surface area contributed by atoms with Crippen LogP contribution in [0, 0.1) is 0 Å². The molecular formula is C18H15NO4. The molecule has 3 aromatic rings. The fraction of sp³-hybridized carbons (Fsp3) is 0.111. The van der Waals surface area contributed by atoms with Gasteiger partial charge in [-0.3, -0.25) is 0 Å². The number of fused-ring (bicyclic) bond motifs is 1. The third-order valence-corrected chi connectivity index (χ3v) is 3.49. The Labute approximate surface area is 133 Å². The lowest BCUT2D eigenvalue weighted by Gasteiger charge is -2.09. The van der Waals surface area contributed by atoms with Gasteiger partial charge in [0.05, 0.1) is 12.6 Å². The maximum atomic E-state index is 12.5. The minimum Gasteiger partial charge on any atom is -0.464 e. The van der Waals surface area contributed by atoms with Crippen molar-refractivity contribution < 1.29 is 19.1 Å². The number of hydrogen-bond acceptors (Lipinski definition) is 4. The minimum absolute atomic E-state index is 0.132. The molecule has 23 heavy (non-hydrogen) atoms. The van der Waals surface area contributed by atoms with Crippen LogP contribution in [0.25, 0.3) is 10.9 Å². The van der Waals surface area contributed by atoms with Crippen molar-refractivity contribution in [1.29, 1.82) is 0 Å². The summed E-state index contributed by atoms with van der Waals surface area (Å²) in [6.07, 6.45) is -0.615. The van der Waals surface area contributed by atoms with Crippen LogP contribution < -0.4 is 0 Å². The van der Waals surface area contributed by atoms with Crippen LogP contribution in [-0.2, 0) is 16.1 Å².